The van der Waals surface area contributed by atoms with E-state index in [2.05, 4.69) is 0 Å². The average Bonchev–Trinajstić information content (AvgIpc) is 2.40. The molecule has 0 spiro atoms. The zero-order valence-corrected chi connectivity index (χ0v) is 13.3. The summed E-state index contributed by atoms with van der Waals surface area (Å²) >= 11 is 11.6. The van der Waals surface area contributed by atoms with Crippen LogP contribution in [0.2, 0.25) is 10.0 Å². The molecule has 0 heterocycles. The van der Waals surface area contributed by atoms with E-state index >= 15 is 0 Å². The van der Waals surface area contributed by atoms with Gasteiger partial charge in [0, 0.05) is 11.1 Å². The number of aryl methyl sites for hydroxylation is 1. The van der Waals surface area contributed by atoms with Crippen molar-refractivity contribution < 1.29 is 17.7 Å². The van der Waals surface area contributed by atoms with Crippen molar-refractivity contribution >= 4 is 33.3 Å². The predicted molar refractivity (Wildman–Crippen MR) is 81.8 cm³/mol. The molecule has 2 aromatic carbocycles. The Hall–Kier alpha value is -1.43. The maximum atomic E-state index is 12.2. The molecule has 0 aliphatic heterocycles. The SMILES string of the molecule is CCc1cc(O)cc(OS(=O)(=O)c2cc(Cl)ccc2Cl)c1. The van der Waals surface area contributed by atoms with Gasteiger partial charge in [-0.25, -0.2) is 0 Å². The molecule has 4 nitrogen and oxygen atoms in total. The minimum Gasteiger partial charge on any atom is -0.508 e. The zero-order chi connectivity index (χ0) is 15.6. The first-order chi connectivity index (χ1) is 9.81. The number of phenolic OH excluding ortho intramolecular Hbond substituents is 1. The number of aromatic hydroxyl groups is 1. The third-order valence-electron chi connectivity index (χ3n) is 2.73. The Morgan fingerprint density at radius 1 is 1.14 bits per heavy atom. The number of hydrogen-bond donors (Lipinski definition) is 1. The van der Waals surface area contributed by atoms with Crippen molar-refractivity contribution in [3.05, 3.63) is 52.0 Å². The molecule has 0 bridgehead atoms. The van der Waals surface area contributed by atoms with Gasteiger partial charge in [-0.3, -0.25) is 0 Å². The van der Waals surface area contributed by atoms with Gasteiger partial charge in [0.1, 0.15) is 16.4 Å². The molecule has 0 saturated carbocycles. The Bertz CT molecular complexity index is 773. The van der Waals surface area contributed by atoms with Gasteiger partial charge in [0.2, 0.25) is 0 Å². The molecule has 0 radical (unpaired) electrons. The van der Waals surface area contributed by atoms with E-state index in [9.17, 15) is 13.5 Å². The summed E-state index contributed by atoms with van der Waals surface area (Å²) in [6, 6.07) is 8.35. The Kier molecular flexibility index (Phi) is 4.66. The van der Waals surface area contributed by atoms with Gasteiger partial charge in [-0.2, -0.15) is 8.42 Å². The molecule has 0 amide bonds. The van der Waals surface area contributed by atoms with Crippen LogP contribution in [0.3, 0.4) is 0 Å². The van der Waals surface area contributed by atoms with Crippen molar-refractivity contribution in [3.8, 4) is 11.5 Å². The molecule has 2 rings (SSSR count). The highest BCUT2D eigenvalue weighted by Crippen LogP contribution is 2.29. The lowest BCUT2D eigenvalue weighted by molar-refractivity contribution is 0.462. The summed E-state index contributed by atoms with van der Waals surface area (Å²) in [5.41, 5.74) is 0.748. The van der Waals surface area contributed by atoms with Gasteiger partial charge in [0.05, 0.1) is 5.02 Å². The van der Waals surface area contributed by atoms with Gasteiger partial charge >= 0.3 is 10.1 Å². The van der Waals surface area contributed by atoms with Gasteiger partial charge in [-0.15, -0.1) is 0 Å². The fraction of sp³-hybridized carbons (Fsp3) is 0.143. The first kappa shape index (κ1) is 15.9. The molecule has 0 unspecified atom stereocenters. The first-order valence-electron chi connectivity index (χ1n) is 6.04. The fourth-order valence-corrected chi connectivity index (χ4v) is 3.39. The van der Waals surface area contributed by atoms with Gasteiger partial charge < -0.3 is 9.29 Å². The molecule has 0 aliphatic carbocycles. The Labute approximate surface area is 133 Å². The standard InChI is InChI=1S/C14H12Cl2O4S/c1-2-9-5-11(17)8-12(6-9)20-21(18,19)14-7-10(15)3-4-13(14)16/h3-8,17H,2H2,1H3. The molecule has 21 heavy (non-hydrogen) atoms. The minimum atomic E-state index is -4.14. The van der Waals surface area contributed by atoms with Crippen LogP contribution in [-0.4, -0.2) is 13.5 Å². The largest absolute Gasteiger partial charge is 0.508 e. The molecule has 0 saturated heterocycles. The summed E-state index contributed by atoms with van der Waals surface area (Å²) in [6.45, 7) is 1.88. The van der Waals surface area contributed by atoms with Gasteiger partial charge in [0.15, 0.2) is 0 Å². The molecule has 0 fully saturated rings. The molecule has 112 valence electrons. The monoisotopic (exact) mass is 346 g/mol. The minimum absolute atomic E-state index is 0.00951. The topological polar surface area (TPSA) is 63.6 Å². The van der Waals surface area contributed by atoms with Crippen LogP contribution in [0, 0.1) is 0 Å². The van der Waals surface area contributed by atoms with Gasteiger partial charge in [-0.1, -0.05) is 30.1 Å². The Morgan fingerprint density at radius 2 is 1.86 bits per heavy atom. The van der Waals surface area contributed by atoms with Crippen LogP contribution >= 0.6 is 23.2 Å². The van der Waals surface area contributed by atoms with Crippen LogP contribution in [0.4, 0.5) is 0 Å². The summed E-state index contributed by atoms with van der Waals surface area (Å²) in [5.74, 6) is -0.0559. The molecular weight excluding hydrogens is 335 g/mol. The molecule has 0 aliphatic rings. The number of phenols is 1. The average molecular weight is 347 g/mol. The van der Waals surface area contributed by atoms with Crippen LogP contribution < -0.4 is 4.18 Å². The predicted octanol–water partition coefficient (Wildman–Crippen LogP) is 4.03. The van der Waals surface area contributed by atoms with Crippen LogP contribution in [0.15, 0.2) is 41.3 Å². The molecule has 1 N–H and O–H groups in total. The summed E-state index contributed by atoms with van der Waals surface area (Å²) in [4.78, 5) is -0.224. The van der Waals surface area contributed by atoms with E-state index in [0.29, 0.717) is 6.42 Å². The van der Waals surface area contributed by atoms with Crippen molar-refractivity contribution in [2.45, 2.75) is 18.2 Å². The molecular formula is C14H12Cl2O4S. The number of hydrogen-bond acceptors (Lipinski definition) is 4. The maximum Gasteiger partial charge on any atom is 0.340 e. The fourth-order valence-electron chi connectivity index (χ4n) is 1.74. The van der Waals surface area contributed by atoms with E-state index in [4.69, 9.17) is 27.4 Å². The second kappa shape index (κ2) is 6.13. The van der Waals surface area contributed by atoms with Crippen molar-refractivity contribution in [2.24, 2.45) is 0 Å². The Morgan fingerprint density at radius 3 is 2.52 bits per heavy atom. The van der Waals surface area contributed by atoms with Gasteiger partial charge in [-0.05, 0) is 42.3 Å². The summed E-state index contributed by atoms with van der Waals surface area (Å²) < 4.78 is 29.5. The number of rotatable bonds is 4. The third-order valence-corrected chi connectivity index (χ3v) is 4.69. The van der Waals surface area contributed by atoms with E-state index in [-0.39, 0.29) is 26.4 Å². The van der Waals surface area contributed by atoms with Crippen LogP contribution in [0.1, 0.15) is 12.5 Å². The van der Waals surface area contributed by atoms with Crippen molar-refractivity contribution in [2.75, 3.05) is 0 Å². The van der Waals surface area contributed by atoms with Crippen LogP contribution in [0.25, 0.3) is 0 Å². The lowest BCUT2D eigenvalue weighted by Crippen LogP contribution is -2.10. The highest BCUT2D eigenvalue weighted by atomic mass is 35.5. The third kappa shape index (κ3) is 3.81. The van der Waals surface area contributed by atoms with Crippen molar-refractivity contribution in [1.29, 1.82) is 0 Å². The van der Waals surface area contributed by atoms with Crippen LogP contribution in [0.5, 0.6) is 11.5 Å². The van der Waals surface area contributed by atoms with E-state index in [1.54, 1.807) is 0 Å². The zero-order valence-electron chi connectivity index (χ0n) is 11.0. The summed E-state index contributed by atoms with van der Waals surface area (Å²) in [7, 11) is -4.14. The lowest BCUT2D eigenvalue weighted by atomic mass is 10.1. The van der Waals surface area contributed by atoms with Crippen LogP contribution in [-0.2, 0) is 16.5 Å². The number of halogens is 2. The second-order valence-electron chi connectivity index (χ2n) is 4.30. The molecule has 7 heteroatoms. The number of benzene rings is 2. The lowest BCUT2D eigenvalue weighted by Gasteiger charge is -2.10. The van der Waals surface area contributed by atoms with E-state index in [1.165, 1.54) is 36.4 Å². The van der Waals surface area contributed by atoms with E-state index in [0.717, 1.165) is 5.56 Å². The molecule has 2 aromatic rings. The van der Waals surface area contributed by atoms with Crippen molar-refractivity contribution in [1.82, 2.24) is 0 Å². The maximum absolute atomic E-state index is 12.2. The van der Waals surface area contributed by atoms with Gasteiger partial charge in [0.25, 0.3) is 0 Å². The van der Waals surface area contributed by atoms with E-state index < -0.39 is 10.1 Å². The smallest absolute Gasteiger partial charge is 0.340 e. The second-order valence-corrected chi connectivity index (χ2v) is 6.66. The summed E-state index contributed by atoms with van der Waals surface area (Å²) in [6.07, 6.45) is 0.628. The Balaban J connectivity index is 2.42. The summed E-state index contributed by atoms with van der Waals surface area (Å²) in [5, 5.41) is 9.81. The van der Waals surface area contributed by atoms with Crippen molar-refractivity contribution in [3.63, 3.8) is 0 Å². The molecule has 0 aromatic heterocycles. The quantitative estimate of drug-likeness (QED) is 0.849. The molecule has 0 atom stereocenters. The highest BCUT2D eigenvalue weighted by Gasteiger charge is 2.21. The first-order valence-corrected chi connectivity index (χ1v) is 8.20. The van der Waals surface area contributed by atoms with E-state index in [1.807, 2.05) is 6.92 Å². The highest BCUT2D eigenvalue weighted by molar-refractivity contribution is 7.87. The normalized spacial score (nSPS) is 11.4.